The van der Waals surface area contributed by atoms with Crippen molar-refractivity contribution in [2.45, 2.75) is 187 Å². The zero-order valence-electron chi connectivity index (χ0n) is 38.2. The van der Waals surface area contributed by atoms with E-state index in [1.54, 1.807) is 0 Å². The lowest BCUT2D eigenvalue weighted by molar-refractivity contribution is -0.167. The van der Waals surface area contributed by atoms with Gasteiger partial charge in [0, 0.05) is 19.3 Å². The molecule has 0 bridgehead atoms. The highest BCUT2D eigenvalue weighted by Crippen LogP contribution is 2.12. The quantitative estimate of drug-likeness (QED) is 0.0201. The molecule has 0 aliphatic heterocycles. The van der Waals surface area contributed by atoms with Crippen molar-refractivity contribution >= 4 is 17.9 Å². The van der Waals surface area contributed by atoms with Gasteiger partial charge in [-0.15, -0.1) is 0 Å². The summed E-state index contributed by atoms with van der Waals surface area (Å²) in [6, 6.07) is 0. The second kappa shape index (κ2) is 47.5. The maximum Gasteiger partial charge on any atom is 0.306 e. The molecule has 0 saturated heterocycles. The molecule has 336 valence electrons. The van der Waals surface area contributed by atoms with Crippen molar-refractivity contribution in [3.8, 4) is 0 Å². The fraction of sp³-hybridized carbons (Fsp3) is 0.574. The summed E-state index contributed by atoms with van der Waals surface area (Å²) in [4.78, 5) is 37.8. The van der Waals surface area contributed by atoms with Crippen LogP contribution in [0.15, 0.2) is 122 Å². The predicted molar refractivity (Wildman–Crippen MR) is 256 cm³/mol. The van der Waals surface area contributed by atoms with Crippen LogP contribution in [0.25, 0.3) is 0 Å². The van der Waals surface area contributed by atoms with Crippen LogP contribution >= 0.6 is 0 Å². The van der Waals surface area contributed by atoms with Crippen LogP contribution in [0.2, 0.25) is 0 Å². The van der Waals surface area contributed by atoms with Gasteiger partial charge in [-0.1, -0.05) is 187 Å². The van der Waals surface area contributed by atoms with E-state index in [1.165, 1.54) is 12.8 Å². The highest BCUT2D eigenvalue weighted by Gasteiger charge is 2.19. The molecule has 0 N–H and O–H groups in total. The van der Waals surface area contributed by atoms with E-state index in [4.69, 9.17) is 14.2 Å². The maximum atomic E-state index is 12.7. The van der Waals surface area contributed by atoms with Crippen LogP contribution in [0.4, 0.5) is 0 Å². The molecule has 0 aromatic carbocycles. The van der Waals surface area contributed by atoms with Gasteiger partial charge in [0.2, 0.25) is 0 Å². The molecule has 0 radical (unpaired) electrons. The summed E-state index contributed by atoms with van der Waals surface area (Å²) in [5, 5.41) is 0. The summed E-state index contributed by atoms with van der Waals surface area (Å²) in [6.45, 7) is 6.16. The van der Waals surface area contributed by atoms with Crippen LogP contribution in [-0.2, 0) is 28.6 Å². The van der Waals surface area contributed by atoms with Crippen molar-refractivity contribution in [2.24, 2.45) is 0 Å². The molecule has 0 rings (SSSR count). The van der Waals surface area contributed by atoms with E-state index in [-0.39, 0.29) is 44.0 Å². The lowest BCUT2D eigenvalue weighted by Gasteiger charge is -2.18. The Bertz CT molecular complexity index is 1320. The Labute approximate surface area is 367 Å². The van der Waals surface area contributed by atoms with Gasteiger partial charge in [0.05, 0.1) is 0 Å². The monoisotopic (exact) mass is 829 g/mol. The van der Waals surface area contributed by atoms with E-state index in [0.717, 1.165) is 122 Å². The number of hydrogen-bond donors (Lipinski definition) is 0. The SMILES string of the molecule is CC\C=C/C=C\C=C/C=C\CCCCCCCC(=O)OC(COC(=O)CCC/C=C\C/C=C\C/C=C\CC)COC(=O)CCCCCCCC/C=C\C/C=C\C/C=C\CC. The van der Waals surface area contributed by atoms with Gasteiger partial charge < -0.3 is 14.2 Å². The molecular formula is C54H84O6. The first-order valence-corrected chi connectivity index (χ1v) is 23.6. The van der Waals surface area contributed by atoms with Crippen LogP contribution in [0, 0.1) is 0 Å². The second-order valence-corrected chi connectivity index (χ2v) is 15.0. The lowest BCUT2D eigenvalue weighted by atomic mass is 10.1. The average Bonchev–Trinajstić information content (AvgIpc) is 3.24. The zero-order chi connectivity index (χ0) is 43.7. The van der Waals surface area contributed by atoms with Crippen molar-refractivity contribution in [1.29, 1.82) is 0 Å². The summed E-state index contributed by atoms with van der Waals surface area (Å²) in [5.41, 5.74) is 0. The van der Waals surface area contributed by atoms with E-state index >= 15 is 0 Å². The standard InChI is InChI=1S/C54H84O6/c1-4-7-10-13-16-19-22-24-26-28-29-32-35-38-41-44-47-53(56)59-50-51(49-58-52(55)46-43-40-37-34-31-21-18-15-12-9-6-3)60-54(57)48-45-42-39-36-33-30-27-25-23-20-17-14-11-8-5-2/h7-12,14,16-21,23-27,34,37,51H,4-6,13,15,22,28-33,35-36,38-50H2,1-3H3/b10-7-,11-8-,12-9-,17-14-,19-16-,21-18-,23-20-,26-24-,27-25-,37-34-. The molecule has 60 heavy (non-hydrogen) atoms. The molecule has 0 fully saturated rings. The first-order chi connectivity index (χ1) is 29.5. The van der Waals surface area contributed by atoms with Crippen molar-refractivity contribution in [3.05, 3.63) is 122 Å². The maximum absolute atomic E-state index is 12.7. The fourth-order valence-corrected chi connectivity index (χ4v) is 5.84. The first kappa shape index (κ1) is 55.8. The number of carbonyl (C=O) groups is 3. The number of allylic oxidation sites excluding steroid dienone is 20. The summed E-state index contributed by atoms with van der Waals surface area (Å²) in [7, 11) is 0. The topological polar surface area (TPSA) is 78.9 Å². The van der Waals surface area contributed by atoms with E-state index in [1.807, 2.05) is 24.3 Å². The minimum Gasteiger partial charge on any atom is -0.462 e. The normalized spacial score (nSPS) is 13.2. The average molecular weight is 829 g/mol. The van der Waals surface area contributed by atoms with Gasteiger partial charge in [0.25, 0.3) is 0 Å². The summed E-state index contributed by atoms with van der Waals surface area (Å²) in [6.07, 6.45) is 64.7. The fourth-order valence-electron chi connectivity index (χ4n) is 5.84. The molecule has 6 heteroatoms. The molecule has 0 aliphatic carbocycles. The molecule has 0 aliphatic rings. The summed E-state index contributed by atoms with van der Waals surface area (Å²) < 4.78 is 16.7. The molecule has 0 saturated carbocycles. The molecule has 1 unspecified atom stereocenters. The van der Waals surface area contributed by atoms with Crippen molar-refractivity contribution in [2.75, 3.05) is 13.2 Å². The number of carbonyl (C=O) groups excluding carboxylic acids is 3. The zero-order valence-corrected chi connectivity index (χ0v) is 38.2. The number of ether oxygens (including phenoxy) is 3. The van der Waals surface area contributed by atoms with Gasteiger partial charge in [0.1, 0.15) is 13.2 Å². The van der Waals surface area contributed by atoms with Gasteiger partial charge in [-0.05, 0) is 96.3 Å². The summed E-state index contributed by atoms with van der Waals surface area (Å²) >= 11 is 0. The molecule has 0 amide bonds. The van der Waals surface area contributed by atoms with Crippen LogP contribution < -0.4 is 0 Å². The van der Waals surface area contributed by atoms with Crippen LogP contribution in [0.3, 0.4) is 0 Å². The Kier molecular flexibility index (Phi) is 44.2. The lowest BCUT2D eigenvalue weighted by Crippen LogP contribution is -2.30. The van der Waals surface area contributed by atoms with Crippen LogP contribution in [0.1, 0.15) is 181 Å². The van der Waals surface area contributed by atoms with Gasteiger partial charge in [-0.2, -0.15) is 0 Å². The molecule has 0 heterocycles. The molecule has 0 spiro atoms. The number of unbranched alkanes of at least 4 members (excludes halogenated alkanes) is 12. The largest absolute Gasteiger partial charge is 0.462 e. The number of hydrogen-bond acceptors (Lipinski definition) is 6. The van der Waals surface area contributed by atoms with Crippen molar-refractivity contribution in [1.82, 2.24) is 0 Å². The molecular weight excluding hydrogens is 745 g/mol. The Hall–Kier alpha value is -4.19. The second-order valence-electron chi connectivity index (χ2n) is 15.0. The van der Waals surface area contributed by atoms with Crippen molar-refractivity contribution in [3.63, 3.8) is 0 Å². The van der Waals surface area contributed by atoms with Crippen LogP contribution in [-0.4, -0.2) is 37.2 Å². The third-order valence-corrected chi connectivity index (χ3v) is 9.29. The third-order valence-electron chi connectivity index (χ3n) is 9.29. The minimum atomic E-state index is -0.818. The Morgan fingerprint density at radius 1 is 0.350 bits per heavy atom. The van der Waals surface area contributed by atoms with E-state index < -0.39 is 6.10 Å². The Morgan fingerprint density at radius 2 is 0.700 bits per heavy atom. The smallest absolute Gasteiger partial charge is 0.306 e. The van der Waals surface area contributed by atoms with Gasteiger partial charge in [0.15, 0.2) is 6.10 Å². The number of rotatable bonds is 40. The van der Waals surface area contributed by atoms with Gasteiger partial charge >= 0.3 is 17.9 Å². The highest BCUT2D eigenvalue weighted by atomic mass is 16.6. The molecule has 0 aromatic rings. The highest BCUT2D eigenvalue weighted by molar-refractivity contribution is 5.71. The molecule has 1 atom stereocenters. The molecule has 6 nitrogen and oxygen atoms in total. The van der Waals surface area contributed by atoms with E-state index in [9.17, 15) is 14.4 Å². The third kappa shape index (κ3) is 44.9. The Morgan fingerprint density at radius 3 is 1.20 bits per heavy atom. The number of esters is 3. The van der Waals surface area contributed by atoms with E-state index in [0.29, 0.717) is 12.8 Å². The van der Waals surface area contributed by atoms with E-state index in [2.05, 4.69) is 118 Å². The minimum absolute atomic E-state index is 0.115. The van der Waals surface area contributed by atoms with Crippen molar-refractivity contribution < 1.29 is 28.6 Å². The summed E-state index contributed by atoms with van der Waals surface area (Å²) in [5.74, 6) is -1.02. The van der Waals surface area contributed by atoms with Gasteiger partial charge in [-0.25, -0.2) is 0 Å². The van der Waals surface area contributed by atoms with Gasteiger partial charge in [-0.3, -0.25) is 14.4 Å². The molecule has 0 aromatic heterocycles. The predicted octanol–water partition coefficient (Wildman–Crippen LogP) is 15.4. The Balaban J connectivity index is 4.52. The first-order valence-electron chi connectivity index (χ1n) is 23.6. The van der Waals surface area contributed by atoms with Crippen LogP contribution in [0.5, 0.6) is 0 Å².